The molecule has 0 aliphatic heterocycles. The molecule has 1 unspecified atom stereocenters. The number of aliphatic hydroxyl groups excluding tert-OH is 1. The molecule has 1 rings (SSSR count). The molecule has 0 aliphatic carbocycles. The molecule has 0 saturated heterocycles. The van der Waals surface area contributed by atoms with E-state index in [1.54, 1.807) is 6.92 Å². The monoisotopic (exact) mass is 318 g/mol. The molecule has 1 aromatic rings. The Morgan fingerprint density at radius 3 is 2.48 bits per heavy atom. The van der Waals surface area contributed by atoms with Crippen molar-refractivity contribution >= 4 is 15.7 Å². The van der Waals surface area contributed by atoms with Crippen molar-refractivity contribution in [1.82, 2.24) is 4.72 Å². The Labute approximate surface area is 125 Å². The van der Waals surface area contributed by atoms with Crippen molar-refractivity contribution in [3.05, 3.63) is 23.5 Å². The Bertz CT molecular complexity index is 609. The van der Waals surface area contributed by atoms with Gasteiger partial charge in [-0.3, -0.25) is 0 Å². The summed E-state index contributed by atoms with van der Waals surface area (Å²) >= 11 is 0. The molecule has 21 heavy (non-hydrogen) atoms. The molecular formula is C14H23FN2O3S. The molecule has 7 heteroatoms. The van der Waals surface area contributed by atoms with Gasteiger partial charge in [0.2, 0.25) is 10.0 Å². The highest BCUT2D eigenvalue weighted by Gasteiger charge is 2.23. The third-order valence-corrected chi connectivity index (χ3v) is 4.41. The zero-order valence-electron chi connectivity index (χ0n) is 12.8. The lowest BCUT2D eigenvalue weighted by Crippen LogP contribution is -2.34. The van der Waals surface area contributed by atoms with Crippen LogP contribution in [0.3, 0.4) is 0 Å². The van der Waals surface area contributed by atoms with Gasteiger partial charge < -0.3 is 10.8 Å². The van der Waals surface area contributed by atoms with Gasteiger partial charge in [0, 0.05) is 12.2 Å². The molecule has 0 bridgehead atoms. The number of nitrogens with two attached hydrogens (primary N) is 1. The fourth-order valence-corrected chi connectivity index (χ4v) is 3.10. The van der Waals surface area contributed by atoms with Crippen LogP contribution >= 0.6 is 0 Å². The van der Waals surface area contributed by atoms with Gasteiger partial charge in [-0.2, -0.15) is 0 Å². The van der Waals surface area contributed by atoms with Crippen molar-refractivity contribution in [1.29, 1.82) is 0 Å². The average Bonchev–Trinajstić information content (AvgIpc) is 2.29. The van der Waals surface area contributed by atoms with Gasteiger partial charge in [0.05, 0.1) is 6.10 Å². The van der Waals surface area contributed by atoms with Crippen LogP contribution in [0.25, 0.3) is 0 Å². The number of aryl methyl sites for hydroxylation is 1. The largest absolute Gasteiger partial charge is 0.398 e. The van der Waals surface area contributed by atoms with Crippen LogP contribution in [-0.4, -0.2) is 26.2 Å². The third kappa shape index (κ3) is 5.26. The number of aliphatic hydroxyl groups is 1. The smallest absolute Gasteiger partial charge is 0.243 e. The summed E-state index contributed by atoms with van der Waals surface area (Å²) in [7, 11) is -4.05. The second-order valence-corrected chi connectivity index (χ2v) is 8.15. The number of halogens is 1. The molecular weight excluding hydrogens is 295 g/mol. The number of rotatable bonds is 5. The zero-order valence-corrected chi connectivity index (χ0v) is 13.6. The van der Waals surface area contributed by atoms with Crippen molar-refractivity contribution in [3.63, 3.8) is 0 Å². The van der Waals surface area contributed by atoms with Gasteiger partial charge in [0.15, 0.2) is 0 Å². The summed E-state index contributed by atoms with van der Waals surface area (Å²) in [5, 5.41) is 9.82. The highest BCUT2D eigenvalue weighted by atomic mass is 32.2. The summed E-state index contributed by atoms with van der Waals surface area (Å²) in [5.74, 6) is -0.862. The summed E-state index contributed by atoms with van der Waals surface area (Å²) in [5.41, 5.74) is 6.16. The van der Waals surface area contributed by atoms with E-state index in [1.165, 1.54) is 0 Å². The highest BCUT2D eigenvalue weighted by Crippen LogP contribution is 2.22. The maximum absolute atomic E-state index is 13.8. The molecule has 0 radical (unpaired) electrons. The van der Waals surface area contributed by atoms with Crippen molar-refractivity contribution in [2.45, 2.75) is 45.1 Å². The summed E-state index contributed by atoms with van der Waals surface area (Å²) in [4.78, 5) is -0.506. The molecule has 4 N–H and O–H groups in total. The molecule has 1 aromatic carbocycles. The van der Waals surface area contributed by atoms with E-state index in [1.807, 2.05) is 20.8 Å². The Morgan fingerprint density at radius 1 is 1.38 bits per heavy atom. The molecule has 0 saturated carbocycles. The molecule has 0 aromatic heterocycles. The number of benzene rings is 1. The molecule has 1 atom stereocenters. The number of nitrogen functional groups attached to an aromatic ring is 1. The highest BCUT2D eigenvalue weighted by molar-refractivity contribution is 7.89. The lowest BCUT2D eigenvalue weighted by Gasteiger charge is -2.22. The Balaban J connectivity index is 2.86. The van der Waals surface area contributed by atoms with E-state index in [9.17, 15) is 17.9 Å². The summed E-state index contributed by atoms with van der Waals surface area (Å²) in [6.07, 6.45) is -0.417. The fraction of sp³-hybridized carbons (Fsp3) is 0.571. The van der Waals surface area contributed by atoms with Crippen LogP contribution in [0, 0.1) is 18.2 Å². The number of hydrogen-bond donors (Lipinski definition) is 3. The molecule has 0 aliphatic rings. The van der Waals surface area contributed by atoms with E-state index in [2.05, 4.69) is 4.72 Å². The van der Waals surface area contributed by atoms with Crippen LogP contribution < -0.4 is 10.5 Å². The fourth-order valence-electron chi connectivity index (χ4n) is 1.94. The minimum absolute atomic E-state index is 0.135. The predicted octanol–water partition coefficient (Wildman–Crippen LogP) is 1.79. The number of sulfonamides is 1. The van der Waals surface area contributed by atoms with Crippen molar-refractivity contribution in [2.75, 3.05) is 12.3 Å². The summed E-state index contributed by atoms with van der Waals surface area (Å²) in [6, 6.07) is 2.17. The van der Waals surface area contributed by atoms with Gasteiger partial charge in [0.25, 0.3) is 0 Å². The Hall–Kier alpha value is -1.18. The van der Waals surface area contributed by atoms with Crippen LogP contribution in [0.4, 0.5) is 10.1 Å². The number of anilines is 1. The predicted molar refractivity (Wildman–Crippen MR) is 80.8 cm³/mol. The van der Waals surface area contributed by atoms with E-state index in [-0.39, 0.29) is 17.6 Å². The summed E-state index contributed by atoms with van der Waals surface area (Å²) in [6.45, 7) is 7.23. The standard InChI is InChI=1S/C14H23FN2O3S/c1-9-5-11(15)13(6-12(9)16)21(19,20)17-8-10(18)7-14(2,3)4/h5-6,10,17-18H,7-8,16H2,1-4H3. The second-order valence-electron chi connectivity index (χ2n) is 6.41. The van der Waals surface area contributed by atoms with E-state index in [0.717, 1.165) is 12.1 Å². The lowest BCUT2D eigenvalue weighted by molar-refractivity contribution is 0.125. The SMILES string of the molecule is Cc1cc(F)c(S(=O)(=O)NCC(O)CC(C)(C)C)cc1N. The molecule has 0 heterocycles. The first-order valence-corrected chi connectivity index (χ1v) is 8.14. The third-order valence-electron chi connectivity index (χ3n) is 2.97. The first-order valence-electron chi connectivity index (χ1n) is 6.66. The second kappa shape index (κ2) is 6.29. The number of nitrogens with one attached hydrogen (secondary N) is 1. The molecule has 5 nitrogen and oxygen atoms in total. The first kappa shape index (κ1) is 17.9. The minimum atomic E-state index is -4.05. The van der Waals surface area contributed by atoms with E-state index < -0.39 is 26.8 Å². The van der Waals surface area contributed by atoms with E-state index in [4.69, 9.17) is 5.73 Å². The van der Waals surface area contributed by atoms with Gasteiger partial charge in [-0.05, 0) is 36.5 Å². The van der Waals surface area contributed by atoms with Gasteiger partial charge in [0.1, 0.15) is 10.7 Å². The molecule has 0 spiro atoms. The van der Waals surface area contributed by atoms with E-state index >= 15 is 0 Å². The van der Waals surface area contributed by atoms with Gasteiger partial charge in [-0.1, -0.05) is 20.8 Å². The summed E-state index contributed by atoms with van der Waals surface area (Å²) < 4.78 is 40.1. The van der Waals surface area contributed by atoms with Crippen LogP contribution in [0.1, 0.15) is 32.8 Å². The van der Waals surface area contributed by atoms with Gasteiger partial charge >= 0.3 is 0 Å². The lowest BCUT2D eigenvalue weighted by atomic mass is 9.89. The van der Waals surface area contributed by atoms with Crippen molar-refractivity contribution in [3.8, 4) is 0 Å². The van der Waals surface area contributed by atoms with Crippen LogP contribution in [0.2, 0.25) is 0 Å². The van der Waals surface area contributed by atoms with Gasteiger partial charge in [-0.25, -0.2) is 17.5 Å². The maximum atomic E-state index is 13.8. The van der Waals surface area contributed by atoms with Crippen molar-refractivity contribution < 1.29 is 17.9 Å². The van der Waals surface area contributed by atoms with Crippen LogP contribution in [0.15, 0.2) is 17.0 Å². The van der Waals surface area contributed by atoms with Crippen LogP contribution in [-0.2, 0) is 10.0 Å². The molecule has 0 fully saturated rings. The minimum Gasteiger partial charge on any atom is -0.398 e. The normalized spacial score (nSPS) is 14.2. The van der Waals surface area contributed by atoms with Gasteiger partial charge in [-0.15, -0.1) is 0 Å². The maximum Gasteiger partial charge on any atom is 0.243 e. The topological polar surface area (TPSA) is 92.4 Å². The quantitative estimate of drug-likeness (QED) is 0.722. The van der Waals surface area contributed by atoms with E-state index in [0.29, 0.717) is 12.0 Å². The molecule has 0 amide bonds. The Morgan fingerprint density at radius 2 is 1.95 bits per heavy atom. The number of hydrogen-bond acceptors (Lipinski definition) is 4. The zero-order chi connectivity index (χ0) is 16.4. The molecule has 120 valence electrons. The van der Waals surface area contributed by atoms with Crippen molar-refractivity contribution in [2.24, 2.45) is 5.41 Å². The van der Waals surface area contributed by atoms with Crippen LogP contribution in [0.5, 0.6) is 0 Å². The average molecular weight is 318 g/mol. The first-order chi connectivity index (χ1) is 9.42. The Kier molecular flexibility index (Phi) is 5.35.